The van der Waals surface area contributed by atoms with E-state index in [1.807, 2.05) is 13.8 Å². The van der Waals surface area contributed by atoms with Gasteiger partial charge in [0.25, 0.3) is 0 Å². The molecule has 0 aromatic heterocycles. The summed E-state index contributed by atoms with van der Waals surface area (Å²) in [5, 5.41) is 4.88. The number of carbonyl (C=O) groups is 2. The van der Waals surface area contributed by atoms with Crippen molar-refractivity contribution in [3.63, 3.8) is 0 Å². The summed E-state index contributed by atoms with van der Waals surface area (Å²) in [6.45, 7) is 3.65. The van der Waals surface area contributed by atoms with Crippen molar-refractivity contribution in [2.45, 2.75) is 13.8 Å². The van der Waals surface area contributed by atoms with E-state index < -0.39 is 5.92 Å². The molecule has 0 radical (unpaired) electrons. The first kappa shape index (κ1) is 13.8. The number of nitrogens with two attached hydrogens (primary N) is 1. The van der Waals surface area contributed by atoms with E-state index in [-0.39, 0.29) is 29.3 Å². The second-order valence-electron chi connectivity index (χ2n) is 3.52. The van der Waals surface area contributed by atoms with E-state index in [1.54, 1.807) is 0 Å². The van der Waals surface area contributed by atoms with Gasteiger partial charge in [0, 0.05) is 7.05 Å². The highest BCUT2D eigenvalue weighted by molar-refractivity contribution is 7.80. The Labute approximate surface area is 94.8 Å². The molecule has 0 saturated heterocycles. The maximum atomic E-state index is 11.6. The fraction of sp³-hybridized carbons (Fsp3) is 0.667. The number of likely N-dealkylation sites (N-methyl/N-ethyl adjacent to an activating group) is 1. The molecule has 1 atom stereocenters. The van der Waals surface area contributed by atoms with Crippen molar-refractivity contribution in [3.8, 4) is 0 Å². The van der Waals surface area contributed by atoms with Crippen LogP contribution in [0.1, 0.15) is 13.8 Å². The molecule has 0 bridgehead atoms. The van der Waals surface area contributed by atoms with Gasteiger partial charge in [-0.3, -0.25) is 9.59 Å². The molecule has 0 fully saturated rings. The Hall–Kier alpha value is -1.17. The Balaban J connectivity index is 4.28. The molecule has 86 valence electrons. The lowest BCUT2D eigenvalue weighted by molar-refractivity contribution is -0.127. The lowest BCUT2D eigenvalue weighted by atomic mass is 9.95. The van der Waals surface area contributed by atoms with E-state index >= 15 is 0 Å². The van der Waals surface area contributed by atoms with Gasteiger partial charge in [0.2, 0.25) is 11.8 Å². The average molecular weight is 231 g/mol. The largest absolute Gasteiger partial charge is 0.393 e. The molecule has 0 rings (SSSR count). The minimum Gasteiger partial charge on any atom is -0.393 e. The van der Waals surface area contributed by atoms with Gasteiger partial charge in [-0.25, -0.2) is 0 Å². The van der Waals surface area contributed by atoms with Crippen molar-refractivity contribution < 1.29 is 9.59 Å². The quantitative estimate of drug-likeness (QED) is 0.552. The zero-order valence-electron chi connectivity index (χ0n) is 9.16. The summed E-state index contributed by atoms with van der Waals surface area (Å²) in [6, 6.07) is 0. The first-order valence-corrected chi connectivity index (χ1v) is 5.08. The molecule has 0 aliphatic heterocycles. The number of hydrogen-bond acceptors (Lipinski definition) is 3. The Morgan fingerprint density at radius 3 is 2.27 bits per heavy atom. The molecule has 6 heteroatoms. The fourth-order valence-corrected chi connectivity index (χ4v) is 1.51. The first-order chi connectivity index (χ1) is 6.90. The van der Waals surface area contributed by atoms with E-state index in [0.717, 1.165) is 0 Å². The van der Waals surface area contributed by atoms with Crippen LogP contribution < -0.4 is 16.4 Å². The molecule has 0 aromatic rings. The summed E-state index contributed by atoms with van der Waals surface area (Å²) in [6.07, 6.45) is 0. The lowest BCUT2D eigenvalue weighted by Gasteiger charge is -2.18. The first-order valence-electron chi connectivity index (χ1n) is 4.67. The number of hydrogen-bond donors (Lipinski definition) is 3. The van der Waals surface area contributed by atoms with Crippen LogP contribution in [0.25, 0.3) is 0 Å². The van der Waals surface area contributed by atoms with Gasteiger partial charge in [-0.1, -0.05) is 26.1 Å². The molecular formula is C9H17N3O2S. The number of rotatable bonds is 5. The van der Waals surface area contributed by atoms with Crippen LogP contribution in [-0.2, 0) is 9.59 Å². The molecule has 1 unspecified atom stereocenters. The van der Waals surface area contributed by atoms with Crippen molar-refractivity contribution in [2.75, 3.05) is 13.6 Å². The zero-order valence-corrected chi connectivity index (χ0v) is 9.98. The standard InChI is InChI=1S/C9H17N3O2S/c1-5(2)7(8(10)15)9(14)12-4-6(13)11-3/h5,7H,4H2,1-3H3,(H2,10,15)(H,11,13)(H,12,14). The van der Waals surface area contributed by atoms with Crippen LogP contribution in [0.4, 0.5) is 0 Å². The molecule has 0 aliphatic rings. The molecule has 0 saturated carbocycles. The van der Waals surface area contributed by atoms with E-state index in [0.29, 0.717) is 0 Å². The molecule has 15 heavy (non-hydrogen) atoms. The normalized spacial score (nSPS) is 12.0. The molecule has 0 heterocycles. The number of carbonyl (C=O) groups excluding carboxylic acids is 2. The van der Waals surface area contributed by atoms with Crippen LogP contribution in [0.3, 0.4) is 0 Å². The maximum absolute atomic E-state index is 11.6. The third kappa shape index (κ3) is 4.73. The van der Waals surface area contributed by atoms with Crippen molar-refractivity contribution in [2.24, 2.45) is 17.6 Å². The Bertz CT molecular complexity index is 266. The molecular weight excluding hydrogens is 214 g/mol. The van der Waals surface area contributed by atoms with Gasteiger partial charge < -0.3 is 16.4 Å². The molecule has 0 aromatic carbocycles. The summed E-state index contributed by atoms with van der Waals surface area (Å²) in [4.78, 5) is 22.6. The lowest BCUT2D eigenvalue weighted by Crippen LogP contribution is -2.44. The van der Waals surface area contributed by atoms with Gasteiger partial charge >= 0.3 is 0 Å². The Morgan fingerprint density at radius 1 is 1.40 bits per heavy atom. The van der Waals surface area contributed by atoms with Gasteiger partial charge in [-0.2, -0.15) is 0 Å². The average Bonchev–Trinajstić information content (AvgIpc) is 2.12. The van der Waals surface area contributed by atoms with E-state index in [1.165, 1.54) is 7.05 Å². The third-order valence-electron chi connectivity index (χ3n) is 1.96. The summed E-state index contributed by atoms with van der Waals surface area (Å²) >= 11 is 4.79. The summed E-state index contributed by atoms with van der Waals surface area (Å²) in [5.74, 6) is -1.06. The van der Waals surface area contributed by atoms with Gasteiger partial charge in [0.15, 0.2) is 0 Å². The van der Waals surface area contributed by atoms with E-state index in [4.69, 9.17) is 18.0 Å². The highest BCUT2D eigenvalue weighted by atomic mass is 32.1. The summed E-state index contributed by atoms with van der Waals surface area (Å²) < 4.78 is 0. The van der Waals surface area contributed by atoms with Crippen LogP contribution in [0.5, 0.6) is 0 Å². The zero-order chi connectivity index (χ0) is 12.0. The maximum Gasteiger partial charge on any atom is 0.239 e. The van der Waals surface area contributed by atoms with Crippen LogP contribution in [0.15, 0.2) is 0 Å². The van der Waals surface area contributed by atoms with E-state index in [9.17, 15) is 9.59 Å². The Morgan fingerprint density at radius 2 is 1.93 bits per heavy atom. The number of nitrogens with one attached hydrogen (secondary N) is 2. The number of amides is 2. The predicted octanol–water partition coefficient (Wildman–Crippen LogP) is -0.593. The Kier molecular flexibility index (Phi) is 5.84. The molecule has 2 amide bonds. The molecule has 0 spiro atoms. The summed E-state index contributed by atoms with van der Waals surface area (Å²) in [7, 11) is 1.50. The van der Waals surface area contributed by atoms with Gasteiger partial charge in [-0.05, 0) is 5.92 Å². The smallest absolute Gasteiger partial charge is 0.239 e. The molecule has 5 nitrogen and oxygen atoms in total. The number of thiocarbonyl (C=S) groups is 1. The second kappa shape index (κ2) is 6.34. The van der Waals surface area contributed by atoms with Crippen molar-refractivity contribution in [1.29, 1.82) is 0 Å². The van der Waals surface area contributed by atoms with Gasteiger partial charge in [0.1, 0.15) is 0 Å². The van der Waals surface area contributed by atoms with Crippen LogP contribution in [-0.4, -0.2) is 30.4 Å². The highest BCUT2D eigenvalue weighted by Crippen LogP contribution is 2.10. The predicted molar refractivity (Wildman–Crippen MR) is 62.2 cm³/mol. The monoisotopic (exact) mass is 231 g/mol. The fourth-order valence-electron chi connectivity index (χ4n) is 1.13. The van der Waals surface area contributed by atoms with Gasteiger partial charge in [0.05, 0.1) is 17.5 Å². The van der Waals surface area contributed by atoms with Crippen LogP contribution >= 0.6 is 12.2 Å². The topological polar surface area (TPSA) is 84.2 Å². The molecule has 4 N–H and O–H groups in total. The summed E-state index contributed by atoms with van der Waals surface area (Å²) in [5.41, 5.74) is 5.45. The molecule has 0 aliphatic carbocycles. The van der Waals surface area contributed by atoms with Crippen molar-refractivity contribution in [3.05, 3.63) is 0 Å². The van der Waals surface area contributed by atoms with Crippen LogP contribution in [0, 0.1) is 11.8 Å². The SMILES string of the molecule is CNC(=O)CNC(=O)C(C(N)=S)C(C)C. The third-order valence-corrected chi connectivity index (χ3v) is 2.21. The highest BCUT2D eigenvalue weighted by Gasteiger charge is 2.24. The van der Waals surface area contributed by atoms with Crippen molar-refractivity contribution in [1.82, 2.24) is 10.6 Å². The van der Waals surface area contributed by atoms with E-state index in [2.05, 4.69) is 10.6 Å². The van der Waals surface area contributed by atoms with Crippen LogP contribution in [0.2, 0.25) is 0 Å². The van der Waals surface area contributed by atoms with Gasteiger partial charge in [-0.15, -0.1) is 0 Å². The minimum atomic E-state index is -0.523. The minimum absolute atomic E-state index is 0.0205. The van der Waals surface area contributed by atoms with Crippen molar-refractivity contribution >= 4 is 29.0 Å². The second-order valence-corrected chi connectivity index (χ2v) is 3.99.